The van der Waals surface area contributed by atoms with E-state index in [9.17, 15) is 10.0 Å². The average Bonchev–Trinajstić information content (AvgIpc) is 1.97. The molecule has 0 aromatic heterocycles. The van der Waals surface area contributed by atoms with E-state index in [2.05, 4.69) is 0 Å². The highest BCUT2D eigenvalue weighted by Crippen LogP contribution is 2.50. The Morgan fingerprint density at radius 3 is 2.21 bits per heavy atom. The molecule has 0 spiro atoms. The summed E-state index contributed by atoms with van der Waals surface area (Å²) in [5, 5.41) is 11.9. The minimum Gasteiger partial charge on any atom is -0.633 e. The van der Waals surface area contributed by atoms with E-state index in [0.29, 0.717) is 19.0 Å². The molecule has 3 heterocycles. The molecule has 4 heteroatoms. The molecule has 0 radical (unpaired) electrons. The van der Waals surface area contributed by atoms with E-state index in [1.54, 1.807) is 0 Å². The fourth-order valence-corrected chi connectivity index (χ4v) is 4.43. The molecule has 3 aliphatic heterocycles. The van der Waals surface area contributed by atoms with Gasteiger partial charge in [-0.3, -0.25) is 4.79 Å². The highest BCUT2D eigenvalue weighted by molar-refractivity contribution is 6.64. The summed E-state index contributed by atoms with van der Waals surface area (Å²) in [5.41, 5.74) is 0. The van der Waals surface area contributed by atoms with Crippen molar-refractivity contribution < 1.29 is 9.44 Å². The highest BCUT2D eigenvalue weighted by atomic mass is 35.5. The van der Waals surface area contributed by atoms with Gasteiger partial charge in [-0.25, -0.2) is 0 Å². The summed E-state index contributed by atoms with van der Waals surface area (Å²) in [7, 11) is 0. The van der Waals surface area contributed by atoms with Crippen LogP contribution in [-0.2, 0) is 4.79 Å². The fourth-order valence-electron chi connectivity index (χ4n) is 4.08. The van der Waals surface area contributed by atoms with Crippen molar-refractivity contribution in [3.63, 3.8) is 0 Å². The SMILES string of the molecule is O=C(Cl)C1C2CC3CC1C[N+]([O-])(C3)C2. The Balaban J connectivity index is 1.93. The van der Waals surface area contributed by atoms with Crippen LogP contribution in [0.15, 0.2) is 0 Å². The van der Waals surface area contributed by atoms with Crippen molar-refractivity contribution >= 4 is 16.8 Å². The second-order valence-electron chi connectivity index (χ2n) is 5.29. The number of nitrogens with zero attached hydrogens (tertiary/aromatic N) is 1. The molecule has 0 aromatic carbocycles. The molecule has 0 aromatic rings. The molecular weight excluding hydrogens is 202 g/mol. The van der Waals surface area contributed by atoms with Crippen LogP contribution < -0.4 is 0 Å². The molecule has 0 amide bonds. The van der Waals surface area contributed by atoms with Crippen LogP contribution in [0, 0.1) is 28.9 Å². The van der Waals surface area contributed by atoms with Crippen LogP contribution in [0.1, 0.15) is 12.8 Å². The lowest BCUT2D eigenvalue weighted by Crippen LogP contribution is -2.66. The van der Waals surface area contributed by atoms with E-state index in [-0.39, 0.29) is 27.6 Å². The number of rotatable bonds is 1. The van der Waals surface area contributed by atoms with Gasteiger partial charge in [-0.1, -0.05) is 0 Å². The predicted molar refractivity (Wildman–Crippen MR) is 52.3 cm³/mol. The lowest BCUT2D eigenvalue weighted by molar-refractivity contribution is -0.911. The van der Waals surface area contributed by atoms with Gasteiger partial charge in [0, 0.05) is 23.7 Å². The van der Waals surface area contributed by atoms with E-state index in [1.807, 2.05) is 0 Å². The van der Waals surface area contributed by atoms with Gasteiger partial charge < -0.3 is 9.85 Å². The Bertz CT molecular complexity index is 278. The molecule has 4 fully saturated rings. The minimum absolute atomic E-state index is 0.00610. The fraction of sp³-hybridized carbons (Fsp3) is 0.900. The molecule has 14 heavy (non-hydrogen) atoms. The van der Waals surface area contributed by atoms with Crippen LogP contribution >= 0.6 is 11.6 Å². The molecule has 0 N–H and O–H groups in total. The number of carbonyl (C=O) groups excluding carboxylic acids is 1. The topological polar surface area (TPSA) is 40.1 Å². The van der Waals surface area contributed by atoms with E-state index in [4.69, 9.17) is 11.6 Å². The number of piperidine rings is 3. The van der Waals surface area contributed by atoms with Gasteiger partial charge in [0.2, 0.25) is 5.24 Å². The zero-order valence-electron chi connectivity index (χ0n) is 7.99. The molecule has 1 saturated carbocycles. The van der Waals surface area contributed by atoms with Crippen LogP contribution in [0.25, 0.3) is 0 Å². The number of carbonyl (C=O) groups is 1. The third-order valence-electron chi connectivity index (χ3n) is 4.28. The Kier molecular flexibility index (Phi) is 1.77. The predicted octanol–water partition coefficient (Wildman–Crippen LogP) is 1.35. The Hall–Kier alpha value is -0.120. The lowest BCUT2D eigenvalue weighted by atomic mass is 9.62. The van der Waals surface area contributed by atoms with Gasteiger partial charge in [-0.05, 0) is 24.4 Å². The maximum absolute atomic E-state index is 12.1. The monoisotopic (exact) mass is 215 g/mol. The van der Waals surface area contributed by atoms with Crippen molar-refractivity contribution in [3.8, 4) is 0 Å². The van der Waals surface area contributed by atoms with Crippen LogP contribution in [0.5, 0.6) is 0 Å². The van der Waals surface area contributed by atoms with Crippen molar-refractivity contribution in [1.29, 1.82) is 0 Å². The lowest BCUT2D eigenvalue weighted by Gasteiger charge is -2.62. The van der Waals surface area contributed by atoms with Crippen LogP contribution in [0.4, 0.5) is 0 Å². The van der Waals surface area contributed by atoms with Gasteiger partial charge >= 0.3 is 0 Å². The first-order valence-electron chi connectivity index (χ1n) is 5.34. The van der Waals surface area contributed by atoms with Gasteiger partial charge in [0.25, 0.3) is 0 Å². The summed E-state index contributed by atoms with van der Waals surface area (Å²) in [6.45, 7) is 2.06. The first-order valence-corrected chi connectivity index (χ1v) is 5.72. The molecule has 78 valence electrons. The molecule has 3 saturated heterocycles. The Labute approximate surface area is 88.2 Å². The summed E-state index contributed by atoms with van der Waals surface area (Å²) in [5.74, 6) is 1.12. The van der Waals surface area contributed by atoms with Crippen molar-refractivity contribution in [2.24, 2.45) is 23.7 Å². The smallest absolute Gasteiger partial charge is 0.225 e. The zero-order valence-corrected chi connectivity index (χ0v) is 8.74. The van der Waals surface area contributed by atoms with Crippen molar-refractivity contribution in [1.82, 2.24) is 0 Å². The maximum atomic E-state index is 12.1. The molecular formula is C10H14ClNO2. The van der Waals surface area contributed by atoms with Crippen LogP contribution in [-0.4, -0.2) is 29.5 Å². The Morgan fingerprint density at radius 1 is 1.21 bits per heavy atom. The van der Waals surface area contributed by atoms with Crippen molar-refractivity contribution in [3.05, 3.63) is 5.21 Å². The number of hydrogen-bond donors (Lipinski definition) is 0. The second-order valence-corrected chi connectivity index (χ2v) is 5.67. The normalized spacial score (nSPS) is 55.0. The summed E-state index contributed by atoms with van der Waals surface area (Å²) in [6, 6.07) is 0. The molecule has 4 rings (SSSR count). The summed E-state index contributed by atoms with van der Waals surface area (Å²) < 4.78 is -0.0410. The average molecular weight is 216 g/mol. The van der Waals surface area contributed by atoms with E-state index in [0.717, 1.165) is 19.4 Å². The molecule has 3 nitrogen and oxygen atoms in total. The quantitative estimate of drug-likeness (QED) is 0.376. The maximum Gasteiger partial charge on any atom is 0.225 e. The molecule has 1 aliphatic carbocycles. The molecule has 4 aliphatic rings. The number of hydroxylamine groups is 3. The van der Waals surface area contributed by atoms with Gasteiger partial charge in [-0.2, -0.15) is 0 Å². The number of halogens is 1. The first-order chi connectivity index (χ1) is 6.57. The summed E-state index contributed by atoms with van der Waals surface area (Å²) >= 11 is 5.62. The standard InChI is InChI=1S/C10H14ClNO2/c11-10(13)9-7-1-6-2-8(9)5-12(14,3-6)4-7/h6-9H,1-5H2. The summed E-state index contributed by atoms with van der Waals surface area (Å²) in [4.78, 5) is 11.3. The van der Waals surface area contributed by atoms with Crippen molar-refractivity contribution in [2.75, 3.05) is 19.6 Å². The van der Waals surface area contributed by atoms with E-state index >= 15 is 0 Å². The third-order valence-corrected chi connectivity index (χ3v) is 4.53. The van der Waals surface area contributed by atoms with Gasteiger partial charge in [0.15, 0.2) is 0 Å². The number of quaternary nitrogens is 1. The molecule has 4 bridgehead atoms. The largest absolute Gasteiger partial charge is 0.633 e. The molecule has 2 atom stereocenters. The van der Waals surface area contributed by atoms with E-state index < -0.39 is 0 Å². The zero-order chi connectivity index (χ0) is 9.92. The minimum atomic E-state index is -0.202. The van der Waals surface area contributed by atoms with Gasteiger partial charge in [0.1, 0.15) is 0 Å². The summed E-state index contributed by atoms with van der Waals surface area (Å²) in [6.07, 6.45) is 2.11. The number of hydrogen-bond acceptors (Lipinski definition) is 2. The van der Waals surface area contributed by atoms with E-state index in [1.165, 1.54) is 0 Å². The highest BCUT2D eigenvalue weighted by Gasteiger charge is 2.54. The third kappa shape index (κ3) is 1.16. The van der Waals surface area contributed by atoms with Gasteiger partial charge in [0.05, 0.1) is 19.6 Å². The molecule has 2 unspecified atom stereocenters. The van der Waals surface area contributed by atoms with Crippen LogP contribution in [0.2, 0.25) is 0 Å². The Morgan fingerprint density at radius 2 is 1.79 bits per heavy atom. The first kappa shape index (κ1) is 9.13. The van der Waals surface area contributed by atoms with Crippen molar-refractivity contribution in [2.45, 2.75) is 12.8 Å². The second kappa shape index (κ2) is 2.71. The van der Waals surface area contributed by atoms with Gasteiger partial charge in [-0.15, -0.1) is 0 Å². The van der Waals surface area contributed by atoms with Crippen LogP contribution in [0.3, 0.4) is 0 Å².